The van der Waals surface area contributed by atoms with Crippen LogP contribution in [0, 0.1) is 6.92 Å². The number of fused-ring (bicyclic) bond motifs is 2. The van der Waals surface area contributed by atoms with Crippen molar-refractivity contribution >= 4 is 11.8 Å². The summed E-state index contributed by atoms with van der Waals surface area (Å²) in [5.74, 6) is 0.0614. The lowest BCUT2D eigenvalue weighted by atomic mass is 9.68. The van der Waals surface area contributed by atoms with Gasteiger partial charge < -0.3 is 9.80 Å². The van der Waals surface area contributed by atoms with Gasteiger partial charge in [-0.15, -0.1) is 0 Å². The molecule has 0 N–H and O–H groups in total. The number of aryl methyl sites for hydroxylation is 1. The normalized spacial score (nSPS) is 18.2. The summed E-state index contributed by atoms with van der Waals surface area (Å²) in [6.45, 7) is 5.28. The van der Waals surface area contributed by atoms with Gasteiger partial charge in [-0.05, 0) is 44.0 Å². The lowest BCUT2D eigenvalue weighted by Crippen LogP contribution is -2.54. The molecule has 1 fully saturated rings. The molecule has 0 bridgehead atoms. The highest BCUT2D eigenvalue weighted by molar-refractivity contribution is 5.92. The van der Waals surface area contributed by atoms with E-state index in [1.807, 2.05) is 17.9 Å². The maximum Gasteiger partial charge on any atom is 0.274 e. The Morgan fingerprint density at radius 2 is 1.83 bits per heavy atom. The lowest BCUT2D eigenvalue weighted by Gasteiger charge is -2.48. The van der Waals surface area contributed by atoms with Crippen LogP contribution in [0.4, 0.5) is 0 Å². The largest absolute Gasteiger partial charge is 0.348 e. The van der Waals surface area contributed by atoms with E-state index in [0.717, 1.165) is 31.6 Å². The summed E-state index contributed by atoms with van der Waals surface area (Å²) in [7, 11) is 3.59. The zero-order valence-corrected chi connectivity index (χ0v) is 18.0. The Labute approximate surface area is 177 Å². The number of carbonyl (C=O) groups excluding carboxylic acids is 2. The second kappa shape index (κ2) is 8.14. The molecular weight excluding hydrogens is 378 g/mol. The van der Waals surface area contributed by atoms with Gasteiger partial charge in [-0.2, -0.15) is 0 Å². The van der Waals surface area contributed by atoms with Crippen molar-refractivity contribution in [1.82, 2.24) is 24.7 Å². The fraction of sp³-hybridized carbons (Fsp3) is 0.478. The lowest BCUT2D eigenvalue weighted by molar-refractivity contribution is -0.130. The van der Waals surface area contributed by atoms with Crippen LogP contribution in [0.2, 0.25) is 0 Å². The molecule has 1 aromatic heterocycles. The fourth-order valence-corrected chi connectivity index (χ4v) is 4.60. The number of nitrogens with zero attached hydrogens (tertiary/aromatic N) is 5. The summed E-state index contributed by atoms with van der Waals surface area (Å²) < 4.78 is 0. The Morgan fingerprint density at radius 3 is 2.50 bits per heavy atom. The number of carbonyl (C=O) groups is 2. The molecule has 0 aliphatic carbocycles. The average Bonchev–Trinajstić information content (AvgIpc) is 2.75. The Kier molecular flexibility index (Phi) is 5.56. The summed E-state index contributed by atoms with van der Waals surface area (Å²) in [5.41, 5.74) is 3.66. The van der Waals surface area contributed by atoms with Crippen molar-refractivity contribution in [3.05, 3.63) is 59.2 Å². The molecule has 0 radical (unpaired) electrons. The van der Waals surface area contributed by atoms with Gasteiger partial charge in [0.25, 0.3) is 5.91 Å². The third-order valence-electron chi connectivity index (χ3n) is 6.40. The molecule has 7 nitrogen and oxygen atoms in total. The minimum absolute atomic E-state index is 0.0680. The van der Waals surface area contributed by atoms with Crippen molar-refractivity contribution in [3.8, 4) is 0 Å². The van der Waals surface area contributed by atoms with Crippen LogP contribution in [0.3, 0.4) is 0 Å². The van der Waals surface area contributed by atoms with Crippen LogP contribution in [0.1, 0.15) is 40.2 Å². The summed E-state index contributed by atoms with van der Waals surface area (Å²) >= 11 is 0. The maximum absolute atomic E-state index is 13.2. The van der Waals surface area contributed by atoms with Gasteiger partial charge in [-0.3, -0.25) is 19.5 Å². The van der Waals surface area contributed by atoms with Gasteiger partial charge in [0.1, 0.15) is 5.69 Å². The molecule has 3 heterocycles. The average molecular weight is 408 g/mol. The van der Waals surface area contributed by atoms with E-state index in [1.165, 1.54) is 11.1 Å². The van der Waals surface area contributed by atoms with Gasteiger partial charge in [0.2, 0.25) is 5.91 Å². The van der Waals surface area contributed by atoms with Crippen molar-refractivity contribution < 1.29 is 9.59 Å². The minimum Gasteiger partial charge on any atom is -0.348 e. The highest BCUT2D eigenvalue weighted by atomic mass is 16.2. The van der Waals surface area contributed by atoms with Crippen LogP contribution in [0.15, 0.2) is 36.7 Å². The molecule has 1 aromatic carbocycles. The maximum atomic E-state index is 13.2. The second-order valence-electron chi connectivity index (χ2n) is 8.71. The number of aromatic nitrogens is 2. The number of amides is 2. The van der Waals surface area contributed by atoms with E-state index in [9.17, 15) is 9.59 Å². The third-order valence-corrected chi connectivity index (χ3v) is 6.40. The first-order valence-electron chi connectivity index (χ1n) is 10.5. The Balaban J connectivity index is 1.56. The predicted octanol–water partition coefficient (Wildman–Crippen LogP) is 1.86. The smallest absolute Gasteiger partial charge is 0.274 e. The molecule has 0 saturated carbocycles. The van der Waals surface area contributed by atoms with Gasteiger partial charge in [-0.25, -0.2) is 4.98 Å². The highest BCUT2D eigenvalue weighted by Gasteiger charge is 2.43. The van der Waals surface area contributed by atoms with Crippen LogP contribution in [-0.2, 0) is 16.8 Å². The minimum atomic E-state index is -0.0830. The number of benzene rings is 1. The molecule has 0 atom stereocenters. The van der Waals surface area contributed by atoms with Crippen molar-refractivity contribution in [1.29, 1.82) is 0 Å². The molecule has 1 saturated heterocycles. The van der Waals surface area contributed by atoms with Crippen LogP contribution in [0.5, 0.6) is 0 Å². The Morgan fingerprint density at radius 1 is 1.10 bits per heavy atom. The Hall–Kier alpha value is -2.80. The second-order valence-corrected chi connectivity index (χ2v) is 8.71. The molecule has 2 aromatic rings. The molecule has 2 aliphatic heterocycles. The molecule has 1 spiro atoms. The van der Waals surface area contributed by atoms with Crippen LogP contribution in [-0.4, -0.2) is 76.8 Å². The van der Waals surface area contributed by atoms with Crippen LogP contribution >= 0.6 is 0 Å². The number of likely N-dealkylation sites (tertiary alicyclic amines) is 1. The van der Waals surface area contributed by atoms with E-state index < -0.39 is 0 Å². The molecule has 0 unspecified atom stereocenters. The molecule has 4 rings (SSSR count). The standard InChI is InChI=1S/C23H29N5O2/c1-17-12-25-20(13-24-17)22(30)28-14-18-6-4-5-7-19(18)23(16-28)8-10-27(11-9-23)15-21(29)26(2)3/h4-7,12-13H,8-11,14-16H2,1-3H3. The van der Waals surface area contributed by atoms with E-state index in [4.69, 9.17) is 0 Å². The topological polar surface area (TPSA) is 69.6 Å². The zero-order valence-electron chi connectivity index (χ0n) is 18.0. The summed E-state index contributed by atoms with van der Waals surface area (Å²) in [4.78, 5) is 39.6. The number of likely N-dealkylation sites (N-methyl/N-ethyl adjacent to an activating group) is 1. The molecular formula is C23H29N5O2. The molecule has 2 aliphatic rings. The van der Waals surface area contributed by atoms with E-state index in [1.54, 1.807) is 31.4 Å². The van der Waals surface area contributed by atoms with Crippen molar-refractivity contribution in [3.63, 3.8) is 0 Å². The van der Waals surface area contributed by atoms with Crippen molar-refractivity contribution in [2.75, 3.05) is 40.3 Å². The molecule has 2 amide bonds. The van der Waals surface area contributed by atoms with E-state index in [-0.39, 0.29) is 17.2 Å². The summed E-state index contributed by atoms with van der Waals surface area (Å²) in [6.07, 6.45) is 5.06. The number of rotatable bonds is 3. The van der Waals surface area contributed by atoms with E-state index >= 15 is 0 Å². The summed E-state index contributed by atoms with van der Waals surface area (Å²) in [5, 5.41) is 0. The van der Waals surface area contributed by atoms with Gasteiger partial charge >= 0.3 is 0 Å². The first-order chi connectivity index (χ1) is 14.4. The molecule has 158 valence electrons. The first-order valence-corrected chi connectivity index (χ1v) is 10.5. The monoisotopic (exact) mass is 407 g/mol. The predicted molar refractivity (Wildman–Crippen MR) is 114 cm³/mol. The summed E-state index contributed by atoms with van der Waals surface area (Å²) in [6, 6.07) is 8.46. The van der Waals surface area contributed by atoms with Crippen molar-refractivity contribution in [2.45, 2.75) is 31.7 Å². The Bertz CT molecular complexity index is 933. The van der Waals surface area contributed by atoms with Gasteiger partial charge in [0, 0.05) is 38.8 Å². The van der Waals surface area contributed by atoms with Crippen molar-refractivity contribution in [2.24, 2.45) is 0 Å². The van der Waals surface area contributed by atoms with Crippen LogP contribution < -0.4 is 0 Å². The quantitative estimate of drug-likeness (QED) is 0.777. The van der Waals surface area contributed by atoms with Gasteiger partial charge in [-0.1, -0.05) is 24.3 Å². The van der Waals surface area contributed by atoms with Gasteiger partial charge in [0.15, 0.2) is 0 Å². The molecule has 7 heteroatoms. The van der Waals surface area contributed by atoms with E-state index in [0.29, 0.717) is 25.3 Å². The molecule has 30 heavy (non-hydrogen) atoms. The number of hydrogen-bond acceptors (Lipinski definition) is 5. The number of piperidine rings is 1. The first kappa shape index (κ1) is 20.5. The SMILES string of the molecule is Cc1cnc(C(=O)N2Cc3ccccc3C3(CCN(CC(=O)N(C)C)CC3)C2)cn1. The highest BCUT2D eigenvalue weighted by Crippen LogP contribution is 2.42. The number of hydrogen-bond donors (Lipinski definition) is 0. The van der Waals surface area contributed by atoms with Crippen LogP contribution in [0.25, 0.3) is 0 Å². The third kappa shape index (κ3) is 3.94. The zero-order chi connectivity index (χ0) is 21.3. The van der Waals surface area contributed by atoms with Gasteiger partial charge in [0.05, 0.1) is 18.4 Å². The van der Waals surface area contributed by atoms with E-state index in [2.05, 4.69) is 33.1 Å². The fourth-order valence-electron chi connectivity index (χ4n) is 4.60.